The summed E-state index contributed by atoms with van der Waals surface area (Å²) < 4.78 is 1.52. The van der Waals surface area contributed by atoms with Crippen LogP contribution in [0.3, 0.4) is 0 Å². The van der Waals surface area contributed by atoms with Crippen LogP contribution < -0.4 is 26.2 Å². The van der Waals surface area contributed by atoms with E-state index >= 15 is 0 Å². The summed E-state index contributed by atoms with van der Waals surface area (Å²) in [6.45, 7) is 4.54. The van der Waals surface area contributed by atoms with Gasteiger partial charge in [-0.25, -0.2) is 9.67 Å². The van der Waals surface area contributed by atoms with Gasteiger partial charge in [0.25, 0.3) is 5.91 Å². The Morgan fingerprint density at radius 2 is 1.79 bits per heavy atom. The SMILES string of the molecule is CN1CC2(C1)CN(c1ccc(NC(=O)c3cnn(C4N=CC=C(c5ccc(N(C)C)cc5)N4)c3N)cc1)C2. The van der Waals surface area contributed by atoms with Crippen LogP contribution in [-0.4, -0.2) is 74.1 Å². The van der Waals surface area contributed by atoms with Crippen molar-refractivity contribution < 1.29 is 4.79 Å². The summed E-state index contributed by atoms with van der Waals surface area (Å²) in [4.78, 5) is 24.3. The van der Waals surface area contributed by atoms with Crippen molar-refractivity contribution in [3.05, 3.63) is 71.9 Å². The smallest absolute Gasteiger partial charge is 0.261 e. The van der Waals surface area contributed by atoms with Crippen molar-refractivity contribution in [1.29, 1.82) is 0 Å². The topological polar surface area (TPSA) is 107 Å². The average Bonchev–Trinajstić information content (AvgIpc) is 3.27. The number of hydrogen-bond acceptors (Lipinski definition) is 8. The summed E-state index contributed by atoms with van der Waals surface area (Å²) in [6, 6.07) is 16.2. The largest absolute Gasteiger partial charge is 0.383 e. The summed E-state index contributed by atoms with van der Waals surface area (Å²) in [5.41, 5.74) is 12.1. The summed E-state index contributed by atoms with van der Waals surface area (Å²) in [6.07, 6.45) is 4.56. The summed E-state index contributed by atoms with van der Waals surface area (Å²) in [5.74, 6) is -0.0638. The van der Waals surface area contributed by atoms with Gasteiger partial charge in [0.2, 0.25) is 6.29 Å². The molecule has 2 fully saturated rings. The molecule has 3 aliphatic rings. The molecule has 6 rings (SSSR count). The van der Waals surface area contributed by atoms with Crippen molar-refractivity contribution in [2.24, 2.45) is 10.4 Å². The van der Waals surface area contributed by atoms with E-state index in [1.807, 2.05) is 44.4 Å². The molecule has 4 N–H and O–H groups in total. The highest BCUT2D eigenvalue weighted by atomic mass is 16.1. The number of carbonyl (C=O) groups is 1. The zero-order chi connectivity index (χ0) is 26.4. The van der Waals surface area contributed by atoms with Crippen LogP contribution in [0, 0.1) is 5.41 Å². The number of hydrogen-bond donors (Lipinski definition) is 3. The van der Waals surface area contributed by atoms with Crippen molar-refractivity contribution in [2.45, 2.75) is 6.29 Å². The second-order valence-electron chi connectivity index (χ2n) is 10.8. The Hall–Kier alpha value is -4.31. The van der Waals surface area contributed by atoms with E-state index in [4.69, 9.17) is 5.73 Å². The van der Waals surface area contributed by atoms with Gasteiger partial charge in [-0.05, 0) is 55.1 Å². The Morgan fingerprint density at radius 1 is 1.08 bits per heavy atom. The van der Waals surface area contributed by atoms with E-state index in [0.717, 1.165) is 30.0 Å². The quantitative estimate of drug-likeness (QED) is 0.467. The lowest BCUT2D eigenvalue weighted by Gasteiger charge is -2.60. The number of allylic oxidation sites excluding steroid dienone is 1. The van der Waals surface area contributed by atoms with Crippen LogP contribution in [0.1, 0.15) is 22.2 Å². The molecule has 2 aromatic carbocycles. The molecule has 0 bridgehead atoms. The van der Waals surface area contributed by atoms with Gasteiger partial charge in [0.05, 0.1) is 6.20 Å². The van der Waals surface area contributed by atoms with Gasteiger partial charge < -0.3 is 31.1 Å². The van der Waals surface area contributed by atoms with Crippen LogP contribution in [0.2, 0.25) is 0 Å². The molecule has 2 saturated heterocycles. The monoisotopic (exact) mass is 511 g/mol. The van der Waals surface area contributed by atoms with Gasteiger partial charge in [-0.15, -0.1) is 0 Å². The van der Waals surface area contributed by atoms with E-state index < -0.39 is 6.29 Å². The van der Waals surface area contributed by atoms with E-state index in [-0.39, 0.29) is 11.7 Å². The van der Waals surface area contributed by atoms with Crippen LogP contribution in [0.25, 0.3) is 5.70 Å². The van der Waals surface area contributed by atoms with Crippen molar-refractivity contribution in [2.75, 3.05) is 68.2 Å². The number of aliphatic imine (C=N–C) groups is 1. The normalized spacial score (nSPS) is 19.8. The fourth-order valence-electron chi connectivity index (χ4n) is 5.61. The summed E-state index contributed by atoms with van der Waals surface area (Å²) in [7, 11) is 6.19. The lowest BCUT2D eigenvalue weighted by molar-refractivity contribution is -0.00238. The standard InChI is InChI=1S/C28H33N9O/c1-34(2)21-8-4-19(5-9-21)24-12-13-30-27(33-24)37-25(29)23(14-31-37)26(38)32-20-6-10-22(11-7-20)36-17-28(18-36)15-35(3)16-28/h4-14,27,33H,15-18,29H2,1-3H3,(H,32,38). The minimum Gasteiger partial charge on any atom is -0.383 e. The Bertz CT molecular complexity index is 1390. The molecule has 10 heteroatoms. The zero-order valence-corrected chi connectivity index (χ0v) is 21.9. The van der Waals surface area contributed by atoms with Gasteiger partial charge in [-0.2, -0.15) is 5.10 Å². The maximum absolute atomic E-state index is 13.0. The molecule has 1 unspecified atom stereocenters. The Morgan fingerprint density at radius 3 is 2.45 bits per heavy atom. The Kier molecular flexibility index (Phi) is 5.83. The highest BCUT2D eigenvalue weighted by molar-refractivity contribution is 6.07. The van der Waals surface area contributed by atoms with Gasteiger partial charge in [0.1, 0.15) is 11.4 Å². The maximum Gasteiger partial charge on any atom is 0.261 e. The van der Waals surface area contributed by atoms with Gasteiger partial charge in [-0.1, -0.05) is 12.1 Å². The van der Waals surface area contributed by atoms with Gasteiger partial charge in [0, 0.05) is 74.7 Å². The highest BCUT2D eigenvalue weighted by Gasteiger charge is 2.50. The number of nitrogens with zero attached hydrogens (tertiary/aromatic N) is 6. The van der Waals surface area contributed by atoms with E-state index in [1.165, 1.54) is 29.7 Å². The molecule has 10 nitrogen and oxygen atoms in total. The van der Waals surface area contributed by atoms with E-state index in [1.54, 1.807) is 6.21 Å². The third-order valence-electron chi connectivity index (χ3n) is 7.51. The molecule has 1 spiro atoms. The summed E-state index contributed by atoms with van der Waals surface area (Å²) >= 11 is 0. The third kappa shape index (κ3) is 4.37. The second kappa shape index (κ2) is 9.21. The fourth-order valence-corrected chi connectivity index (χ4v) is 5.61. The first-order chi connectivity index (χ1) is 18.3. The third-order valence-corrected chi connectivity index (χ3v) is 7.51. The molecule has 3 aliphatic heterocycles. The number of anilines is 4. The first-order valence-corrected chi connectivity index (χ1v) is 12.8. The first kappa shape index (κ1) is 24.1. The maximum atomic E-state index is 13.0. The van der Waals surface area contributed by atoms with Crippen LogP contribution in [0.4, 0.5) is 22.9 Å². The van der Waals surface area contributed by atoms with Crippen LogP contribution in [0.5, 0.6) is 0 Å². The van der Waals surface area contributed by atoms with Crippen molar-refractivity contribution >= 4 is 40.7 Å². The number of likely N-dealkylation sites (tertiary alicyclic amines) is 1. The molecule has 1 amide bonds. The van der Waals surface area contributed by atoms with Crippen molar-refractivity contribution in [1.82, 2.24) is 20.0 Å². The molecule has 1 atom stereocenters. The number of carbonyl (C=O) groups excluding carboxylic acids is 1. The number of nitrogens with one attached hydrogen (secondary N) is 2. The van der Waals surface area contributed by atoms with Crippen molar-refractivity contribution in [3.63, 3.8) is 0 Å². The molecule has 38 heavy (non-hydrogen) atoms. The lowest BCUT2D eigenvalue weighted by atomic mass is 9.73. The second-order valence-corrected chi connectivity index (χ2v) is 10.8. The molecule has 0 radical (unpaired) electrons. The predicted molar refractivity (Wildman–Crippen MR) is 153 cm³/mol. The minimum atomic E-state index is -0.556. The highest BCUT2D eigenvalue weighted by Crippen LogP contribution is 2.41. The van der Waals surface area contributed by atoms with Gasteiger partial charge in [0.15, 0.2) is 0 Å². The van der Waals surface area contributed by atoms with E-state index in [9.17, 15) is 4.79 Å². The molecule has 196 valence electrons. The first-order valence-electron chi connectivity index (χ1n) is 12.8. The molecule has 0 saturated carbocycles. The van der Waals surface area contributed by atoms with Crippen molar-refractivity contribution in [3.8, 4) is 0 Å². The van der Waals surface area contributed by atoms with Crippen LogP contribution >= 0.6 is 0 Å². The molecule has 0 aliphatic carbocycles. The number of amides is 1. The van der Waals surface area contributed by atoms with Crippen LogP contribution in [0.15, 0.2) is 65.8 Å². The van der Waals surface area contributed by atoms with E-state index in [0.29, 0.717) is 16.7 Å². The Balaban J connectivity index is 1.09. The number of benzene rings is 2. The number of rotatable bonds is 6. The predicted octanol–water partition coefficient (Wildman–Crippen LogP) is 2.71. The average molecular weight is 512 g/mol. The zero-order valence-electron chi connectivity index (χ0n) is 21.9. The van der Waals surface area contributed by atoms with Gasteiger partial charge in [-0.3, -0.25) is 4.79 Å². The molecular formula is C28H33N9O. The lowest BCUT2D eigenvalue weighted by Crippen LogP contribution is -2.71. The molecule has 4 heterocycles. The molecule has 3 aromatic rings. The number of nitrogen functional groups attached to an aromatic ring is 1. The molecular weight excluding hydrogens is 478 g/mol. The number of nitrogens with two attached hydrogens (primary N) is 1. The number of aromatic nitrogens is 2. The van der Waals surface area contributed by atoms with Crippen LogP contribution in [-0.2, 0) is 0 Å². The van der Waals surface area contributed by atoms with E-state index in [2.05, 4.69) is 66.7 Å². The minimum absolute atomic E-state index is 0.245. The summed E-state index contributed by atoms with van der Waals surface area (Å²) in [5, 5.41) is 10.7. The fraction of sp³-hybridized carbons (Fsp3) is 0.321. The Labute approximate surface area is 222 Å². The van der Waals surface area contributed by atoms with Gasteiger partial charge >= 0.3 is 0 Å². The molecule has 1 aromatic heterocycles.